The van der Waals surface area contributed by atoms with Crippen molar-refractivity contribution in [2.75, 3.05) is 20.3 Å². The van der Waals surface area contributed by atoms with E-state index in [1.807, 2.05) is 30.3 Å². The van der Waals surface area contributed by atoms with Gasteiger partial charge in [-0.1, -0.05) is 41.9 Å². The molecular weight excluding hydrogens is 422 g/mol. The normalized spacial score (nSPS) is 15.6. The van der Waals surface area contributed by atoms with E-state index in [9.17, 15) is 9.59 Å². The zero-order valence-corrected chi connectivity index (χ0v) is 17.9. The van der Waals surface area contributed by atoms with Crippen LogP contribution in [0.15, 0.2) is 47.6 Å². The SMILES string of the molecule is COc1cc(/C=N\NC(=O)C(=O)NC[C@H]2CCCO2)cc(Cl)c1OCc1ccccc1. The number of carbonyl (C=O) groups is 2. The minimum atomic E-state index is -0.866. The van der Waals surface area contributed by atoms with Crippen LogP contribution in [0, 0.1) is 0 Å². The summed E-state index contributed by atoms with van der Waals surface area (Å²) in [6.45, 7) is 1.31. The Morgan fingerprint density at radius 1 is 1.26 bits per heavy atom. The Bertz CT molecular complexity index is 930. The summed E-state index contributed by atoms with van der Waals surface area (Å²) in [6, 6.07) is 13.0. The molecule has 0 bridgehead atoms. The average molecular weight is 446 g/mol. The van der Waals surface area contributed by atoms with Gasteiger partial charge in [-0.3, -0.25) is 9.59 Å². The van der Waals surface area contributed by atoms with Gasteiger partial charge in [0.25, 0.3) is 0 Å². The zero-order valence-electron chi connectivity index (χ0n) is 17.1. The predicted octanol–water partition coefficient (Wildman–Crippen LogP) is 2.67. The lowest BCUT2D eigenvalue weighted by Gasteiger charge is -2.13. The Labute approximate surface area is 185 Å². The van der Waals surface area contributed by atoms with Crippen LogP contribution in [-0.2, 0) is 20.9 Å². The van der Waals surface area contributed by atoms with Gasteiger partial charge in [0, 0.05) is 13.2 Å². The lowest BCUT2D eigenvalue weighted by Crippen LogP contribution is -2.41. The molecule has 1 saturated heterocycles. The van der Waals surface area contributed by atoms with Crippen LogP contribution < -0.4 is 20.2 Å². The number of rotatable bonds is 8. The second-order valence-electron chi connectivity index (χ2n) is 6.85. The molecule has 0 radical (unpaired) electrons. The molecule has 0 saturated carbocycles. The van der Waals surface area contributed by atoms with Crippen LogP contribution in [0.5, 0.6) is 11.5 Å². The minimum absolute atomic E-state index is 0.0440. The second-order valence-corrected chi connectivity index (χ2v) is 7.26. The Balaban J connectivity index is 1.55. The molecule has 0 aliphatic carbocycles. The van der Waals surface area contributed by atoms with E-state index in [4.69, 9.17) is 25.8 Å². The summed E-state index contributed by atoms with van der Waals surface area (Å²) >= 11 is 6.34. The van der Waals surface area contributed by atoms with Gasteiger partial charge in [0.2, 0.25) is 0 Å². The largest absolute Gasteiger partial charge is 0.493 e. The number of nitrogens with one attached hydrogen (secondary N) is 2. The van der Waals surface area contributed by atoms with Crippen LogP contribution in [0.4, 0.5) is 0 Å². The first kappa shape index (κ1) is 22.6. The van der Waals surface area contributed by atoms with Crippen molar-refractivity contribution in [3.63, 3.8) is 0 Å². The molecular formula is C22H24ClN3O5. The first-order valence-electron chi connectivity index (χ1n) is 9.84. The first-order valence-corrected chi connectivity index (χ1v) is 10.2. The first-order chi connectivity index (χ1) is 15.1. The van der Waals surface area contributed by atoms with Crippen molar-refractivity contribution in [1.29, 1.82) is 0 Å². The Morgan fingerprint density at radius 3 is 2.77 bits per heavy atom. The van der Waals surface area contributed by atoms with Gasteiger partial charge < -0.3 is 19.5 Å². The summed E-state index contributed by atoms with van der Waals surface area (Å²) < 4.78 is 16.6. The second kappa shape index (κ2) is 11.3. The van der Waals surface area contributed by atoms with Gasteiger partial charge in [-0.05, 0) is 36.1 Å². The number of ether oxygens (including phenoxy) is 3. The molecule has 164 valence electrons. The zero-order chi connectivity index (χ0) is 22.1. The van der Waals surface area contributed by atoms with Gasteiger partial charge in [0.05, 0.1) is 24.5 Å². The Kier molecular flexibility index (Phi) is 8.26. The Hall–Kier alpha value is -3.10. The number of methoxy groups -OCH3 is 1. The summed E-state index contributed by atoms with van der Waals surface area (Å²) in [5, 5.41) is 6.67. The average Bonchev–Trinajstić information content (AvgIpc) is 3.30. The third kappa shape index (κ3) is 6.70. The van der Waals surface area contributed by atoms with Crippen LogP contribution in [0.25, 0.3) is 0 Å². The van der Waals surface area contributed by atoms with E-state index in [1.54, 1.807) is 12.1 Å². The standard InChI is InChI=1S/C22H24ClN3O5/c1-29-19-11-16(10-18(23)20(19)31-14-15-6-3-2-4-7-15)12-25-26-22(28)21(27)24-13-17-8-5-9-30-17/h2-4,6-7,10-12,17H,5,8-9,13-14H2,1H3,(H,24,27)(H,26,28)/b25-12-/t17-/m1/s1. The maximum absolute atomic E-state index is 11.9. The number of nitrogens with zero attached hydrogens (tertiary/aromatic N) is 1. The molecule has 8 nitrogen and oxygen atoms in total. The van der Waals surface area contributed by atoms with Crippen LogP contribution in [-0.4, -0.2) is 44.4 Å². The predicted molar refractivity (Wildman–Crippen MR) is 116 cm³/mol. The lowest BCUT2D eigenvalue weighted by molar-refractivity contribution is -0.139. The number of hydrogen-bond acceptors (Lipinski definition) is 6. The molecule has 0 spiro atoms. The molecule has 2 N–H and O–H groups in total. The summed E-state index contributed by atoms with van der Waals surface area (Å²) in [4.78, 5) is 23.7. The van der Waals surface area contributed by atoms with Gasteiger partial charge in [0.1, 0.15) is 6.61 Å². The van der Waals surface area contributed by atoms with E-state index in [0.29, 0.717) is 41.8 Å². The fourth-order valence-electron chi connectivity index (χ4n) is 2.99. The number of benzene rings is 2. The molecule has 1 aliphatic rings. The highest BCUT2D eigenvalue weighted by molar-refractivity contribution is 6.35. The maximum atomic E-state index is 11.9. The number of amides is 2. The fraction of sp³-hybridized carbons (Fsp3) is 0.318. The van der Waals surface area contributed by atoms with Crippen LogP contribution in [0.3, 0.4) is 0 Å². The van der Waals surface area contributed by atoms with Crippen molar-refractivity contribution in [3.8, 4) is 11.5 Å². The highest BCUT2D eigenvalue weighted by atomic mass is 35.5. The van der Waals surface area contributed by atoms with Gasteiger partial charge in [-0.15, -0.1) is 0 Å². The molecule has 9 heteroatoms. The van der Waals surface area contributed by atoms with E-state index >= 15 is 0 Å². The summed E-state index contributed by atoms with van der Waals surface area (Å²) in [5.41, 5.74) is 3.74. The maximum Gasteiger partial charge on any atom is 0.329 e. The molecule has 2 amide bonds. The van der Waals surface area contributed by atoms with Crippen LogP contribution >= 0.6 is 11.6 Å². The number of halogens is 1. The van der Waals surface area contributed by atoms with Crippen LogP contribution in [0.1, 0.15) is 24.0 Å². The fourth-order valence-corrected chi connectivity index (χ4v) is 3.27. The van der Waals surface area contributed by atoms with Crippen molar-refractivity contribution in [1.82, 2.24) is 10.7 Å². The van der Waals surface area contributed by atoms with Gasteiger partial charge in [-0.25, -0.2) is 5.43 Å². The monoisotopic (exact) mass is 445 g/mol. The van der Waals surface area contributed by atoms with E-state index in [2.05, 4.69) is 15.8 Å². The lowest BCUT2D eigenvalue weighted by atomic mass is 10.2. The number of hydrazone groups is 1. The summed E-state index contributed by atoms with van der Waals surface area (Å²) in [7, 11) is 1.50. The third-order valence-electron chi connectivity index (χ3n) is 4.58. The number of hydrogen-bond donors (Lipinski definition) is 2. The van der Waals surface area contributed by atoms with Crippen molar-refractivity contribution in [3.05, 3.63) is 58.6 Å². The minimum Gasteiger partial charge on any atom is -0.493 e. The molecule has 0 aromatic heterocycles. The topological polar surface area (TPSA) is 98.2 Å². The van der Waals surface area contributed by atoms with E-state index in [1.165, 1.54) is 13.3 Å². The van der Waals surface area contributed by atoms with Gasteiger partial charge in [-0.2, -0.15) is 5.10 Å². The van der Waals surface area contributed by atoms with Gasteiger partial charge in [0.15, 0.2) is 11.5 Å². The van der Waals surface area contributed by atoms with Crippen LogP contribution in [0.2, 0.25) is 5.02 Å². The Morgan fingerprint density at radius 2 is 2.06 bits per heavy atom. The van der Waals surface area contributed by atoms with E-state index in [-0.39, 0.29) is 6.10 Å². The third-order valence-corrected chi connectivity index (χ3v) is 4.86. The highest BCUT2D eigenvalue weighted by Crippen LogP contribution is 2.36. The molecule has 3 rings (SSSR count). The smallest absolute Gasteiger partial charge is 0.329 e. The molecule has 31 heavy (non-hydrogen) atoms. The molecule has 1 fully saturated rings. The molecule has 1 aliphatic heterocycles. The molecule has 0 unspecified atom stereocenters. The van der Waals surface area contributed by atoms with E-state index in [0.717, 1.165) is 18.4 Å². The van der Waals surface area contributed by atoms with Gasteiger partial charge >= 0.3 is 11.8 Å². The summed E-state index contributed by atoms with van der Waals surface area (Å²) in [5.74, 6) is -0.809. The summed E-state index contributed by atoms with van der Waals surface area (Å²) in [6.07, 6.45) is 3.14. The van der Waals surface area contributed by atoms with Crippen molar-refractivity contribution < 1.29 is 23.8 Å². The van der Waals surface area contributed by atoms with Crippen molar-refractivity contribution >= 4 is 29.6 Å². The molecule has 1 heterocycles. The number of carbonyl (C=O) groups excluding carboxylic acids is 2. The molecule has 2 aromatic rings. The molecule has 1 atom stereocenters. The highest BCUT2D eigenvalue weighted by Gasteiger charge is 2.19. The van der Waals surface area contributed by atoms with E-state index < -0.39 is 11.8 Å². The van der Waals surface area contributed by atoms with Crippen molar-refractivity contribution in [2.45, 2.75) is 25.6 Å². The van der Waals surface area contributed by atoms with Crippen molar-refractivity contribution in [2.24, 2.45) is 5.10 Å². The quantitative estimate of drug-likeness (QED) is 0.370. The molecule has 2 aromatic carbocycles.